The molecule has 0 aliphatic heterocycles. The lowest BCUT2D eigenvalue weighted by atomic mass is 10.0. The van der Waals surface area contributed by atoms with Gasteiger partial charge in [-0.05, 0) is 23.6 Å². The molecule has 4 atom stereocenters. The minimum Gasteiger partial charge on any atom is -0.508 e. The van der Waals surface area contributed by atoms with Crippen LogP contribution in [0.2, 0.25) is 0 Å². The van der Waals surface area contributed by atoms with E-state index in [-0.39, 0.29) is 24.5 Å². The Bertz CT molecular complexity index is 1120. The predicted octanol–water partition coefficient (Wildman–Crippen LogP) is -1.70. The quantitative estimate of drug-likeness (QED) is 0.138. The molecule has 2 rings (SSSR count). The third-order valence-corrected chi connectivity index (χ3v) is 5.66. The van der Waals surface area contributed by atoms with Gasteiger partial charge in [0.2, 0.25) is 23.6 Å². The van der Waals surface area contributed by atoms with Gasteiger partial charge in [0, 0.05) is 24.7 Å². The minimum absolute atomic E-state index is 0.00460. The number of rotatable bonds is 14. The third-order valence-electron chi connectivity index (χ3n) is 5.66. The number of hydrogen-bond acceptors (Lipinski definition) is 8. The Hall–Kier alpha value is -4.46. The summed E-state index contributed by atoms with van der Waals surface area (Å²) in [6, 6.07) is 0.806. The minimum atomic E-state index is -1.62. The van der Waals surface area contributed by atoms with Gasteiger partial charge in [-0.25, -0.2) is 9.78 Å². The van der Waals surface area contributed by atoms with E-state index in [1.165, 1.54) is 36.8 Å². The van der Waals surface area contributed by atoms with Gasteiger partial charge in [-0.15, -0.1) is 0 Å². The Morgan fingerprint density at radius 1 is 0.921 bits per heavy atom. The van der Waals surface area contributed by atoms with Crippen LogP contribution in [-0.2, 0) is 36.8 Å². The van der Waals surface area contributed by atoms with Crippen LogP contribution in [0.25, 0.3) is 0 Å². The van der Waals surface area contributed by atoms with Crippen molar-refractivity contribution in [1.82, 2.24) is 25.9 Å². The number of aromatic nitrogens is 2. The highest BCUT2D eigenvalue weighted by molar-refractivity contribution is 5.95. The molecule has 0 saturated carbocycles. The zero-order chi connectivity index (χ0) is 28.4. The second-order valence-electron chi connectivity index (χ2n) is 9.11. The van der Waals surface area contributed by atoms with Crippen molar-refractivity contribution in [2.75, 3.05) is 0 Å². The zero-order valence-corrected chi connectivity index (χ0v) is 21.0. The number of nitrogens with one attached hydrogen (secondary N) is 4. The lowest BCUT2D eigenvalue weighted by molar-refractivity contribution is -0.143. The summed E-state index contributed by atoms with van der Waals surface area (Å²) >= 11 is 0. The van der Waals surface area contributed by atoms with Crippen molar-refractivity contribution < 1.29 is 34.2 Å². The molecule has 14 heteroatoms. The Labute approximate surface area is 218 Å². The summed E-state index contributed by atoms with van der Waals surface area (Å²) in [5, 5.41) is 26.3. The second kappa shape index (κ2) is 13.7. The number of carbonyl (C=O) groups is 5. The SMILES string of the molecule is CC(C)C(N)C(=O)NC(Cc1cnc[nH]1)C(=O)NC(Cc1ccc(O)cc1)C(=O)NC(CC(N)=O)C(=O)O. The number of carboxylic acids is 1. The lowest BCUT2D eigenvalue weighted by Gasteiger charge is -2.25. The fourth-order valence-corrected chi connectivity index (χ4v) is 3.42. The molecule has 10 N–H and O–H groups in total. The molecule has 1 aromatic carbocycles. The van der Waals surface area contributed by atoms with Crippen LogP contribution in [0.15, 0.2) is 36.8 Å². The molecule has 0 saturated heterocycles. The average molecular weight is 532 g/mol. The number of phenols is 1. The summed E-state index contributed by atoms with van der Waals surface area (Å²) < 4.78 is 0. The molecular weight excluding hydrogens is 498 g/mol. The van der Waals surface area contributed by atoms with E-state index in [9.17, 15) is 34.2 Å². The maximum Gasteiger partial charge on any atom is 0.326 e. The molecular formula is C24H33N7O7. The number of phenolic OH excluding ortho intramolecular Hbond substituents is 1. The number of H-pyrrole nitrogens is 1. The molecule has 0 bridgehead atoms. The van der Waals surface area contributed by atoms with Crippen LogP contribution in [0.4, 0.5) is 0 Å². The fraction of sp³-hybridized carbons (Fsp3) is 0.417. The number of nitrogens with zero attached hydrogens (tertiary/aromatic N) is 1. The first kappa shape index (κ1) is 29.8. The molecule has 0 radical (unpaired) electrons. The normalized spacial score (nSPS) is 14.1. The van der Waals surface area contributed by atoms with Gasteiger partial charge in [-0.3, -0.25) is 19.2 Å². The monoisotopic (exact) mass is 531 g/mol. The standard InChI is InChI=1S/C24H33N7O7/c1-12(2)20(26)23(36)30-17(8-14-10-27-11-28-14)22(35)29-16(7-13-3-5-15(32)6-4-13)21(34)31-18(24(37)38)9-19(25)33/h3-6,10-12,16-18,20,32H,7-9,26H2,1-2H3,(H2,25,33)(H,27,28)(H,29,35)(H,30,36)(H,31,34)(H,37,38). The van der Waals surface area contributed by atoms with E-state index in [1.54, 1.807) is 13.8 Å². The van der Waals surface area contributed by atoms with E-state index < -0.39 is 60.2 Å². The maximum absolute atomic E-state index is 13.3. The highest BCUT2D eigenvalue weighted by atomic mass is 16.4. The van der Waals surface area contributed by atoms with E-state index >= 15 is 0 Å². The second-order valence-corrected chi connectivity index (χ2v) is 9.11. The van der Waals surface area contributed by atoms with Gasteiger partial charge >= 0.3 is 5.97 Å². The highest BCUT2D eigenvalue weighted by Crippen LogP contribution is 2.12. The van der Waals surface area contributed by atoms with Crippen LogP contribution >= 0.6 is 0 Å². The fourth-order valence-electron chi connectivity index (χ4n) is 3.42. The number of carboxylic acid groups (broad SMARTS) is 1. The van der Waals surface area contributed by atoms with Crippen molar-refractivity contribution in [2.24, 2.45) is 17.4 Å². The van der Waals surface area contributed by atoms with Crippen molar-refractivity contribution in [1.29, 1.82) is 0 Å². The van der Waals surface area contributed by atoms with Crippen LogP contribution in [0.3, 0.4) is 0 Å². The van der Waals surface area contributed by atoms with Gasteiger partial charge in [-0.1, -0.05) is 26.0 Å². The smallest absolute Gasteiger partial charge is 0.326 e. The molecule has 206 valence electrons. The average Bonchev–Trinajstić information content (AvgIpc) is 3.36. The van der Waals surface area contributed by atoms with Gasteiger partial charge in [0.25, 0.3) is 0 Å². The number of aromatic hydroxyl groups is 1. The maximum atomic E-state index is 13.3. The number of aliphatic carboxylic acids is 1. The molecule has 14 nitrogen and oxygen atoms in total. The predicted molar refractivity (Wildman–Crippen MR) is 134 cm³/mol. The number of imidazole rings is 1. The number of primary amides is 1. The number of benzene rings is 1. The van der Waals surface area contributed by atoms with Gasteiger partial charge in [0.15, 0.2) is 0 Å². The summed E-state index contributed by atoms with van der Waals surface area (Å²) in [6.07, 6.45) is 2.10. The van der Waals surface area contributed by atoms with E-state index in [0.717, 1.165) is 0 Å². The van der Waals surface area contributed by atoms with Crippen molar-refractivity contribution in [2.45, 2.75) is 57.3 Å². The Balaban J connectivity index is 2.31. The Morgan fingerprint density at radius 3 is 1.97 bits per heavy atom. The molecule has 1 aromatic heterocycles. The molecule has 1 heterocycles. The molecule has 38 heavy (non-hydrogen) atoms. The number of carbonyl (C=O) groups excluding carboxylic acids is 4. The lowest BCUT2D eigenvalue weighted by Crippen LogP contribution is -2.58. The number of amides is 4. The van der Waals surface area contributed by atoms with Gasteiger partial charge in [0.1, 0.15) is 23.9 Å². The summed E-state index contributed by atoms with van der Waals surface area (Å²) in [6.45, 7) is 3.49. The van der Waals surface area contributed by atoms with Crippen LogP contribution in [-0.4, -0.2) is 73.9 Å². The first-order chi connectivity index (χ1) is 17.9. The van der Waals surface area contributed by atoms with E-state index in [4.69, 9.17) is 11.5 Å². The number of hydrogen-bond donors (Lipinski definition) is 8. The third kappa shape index (κ3) is 9.20. The van der Waals surface area contributed by atoms with Crippen LogP contribution in [0.1, 0.15) is 31.5 Å². The summed E-state index contributed by atoms with van der Waals surface area (Å²) in [5.41, 5.74) is 12.1. The summed E-state index contributed by atoms with van der Waals surface area (Å²) in [7, 11) is 0. The molecule has 4 amide bonds. The molecule has 0 spiro atoms. The Kier molecular flexibility index (Phi) is 10.8. The van der Waals surface area contributed by atoms with Gasteiger partial charge in [0.05, 0.1) is 18.8 Å². The van der Waals surface area contributed by atoms with E-state index in [2.05, 4.69) is 25.9 Å². The van der Waals surface area contributed by atoms with Crippen molar-refractivity contribution in [3.05, 3.63) is 48.0 Å². The molecule has 0 aliphatic carbocycles. The summed E-state index contributed by atoms with van der Waals surface area (Å²) in [5.74, 6) is -4.88. The molecule has 4 unspecified atom stereocenters. The van der Waals surface area contributed by atoms with Gasteiger partial charge < -0.3 is 42.6 Å². The first-order valence-electron chi connectivity index (χ1n) is 11.8. The topological polar surface area (TPSA) is 243 Å². The zero-order valence-electron chi connectivity index (χ0n) is 21.0. The van der Waals surface area contributed by atoms with Crippen LogP contribution in [0.5, 0.6) is 5.75 Å². The van der Waals surface area contributed by atoms with Gasteiger partial charge in [-0.2, -0.15) is 0 Å². The van der Waals surface area contributed by atoms with E-state index in [0.29, 0.717) is 11.3 Å². The largest absolute Gasteiger partial charge is 0.508 e. The molecule has 2 aromatic rings. The van der Waals surface area contributed by atoms with Crippen LogP contribution in [0, 0.1) is 5.92 Å². The first-order valence-corrected chi connectivity index (χ1v) is 11.8. The van der Waals surface area contributed by atoms with E-state index in [1.807, 2.05) is 0 Å². The number of aromatic amines is 1. The Morgan fingerprint density at radius 2 is 1.47 bits per heavy atom. The highest BCUT2D eigenvalue weighted by Gasteiger charge is 2.31. The number of nitrogens with two attached hydrogens (primary N) is 2. The van der Waals surface area contributed by atoms with Crippen LogP contribution < -0.4 is 27.4 Å². The molecule has 0 aliphatic rings. The van der Waals surface area contributed by atoms with Crippen molar-refractivity contribution >= 4 is 29.6 Å². The van der Waals surface area contributed by atoms with Crippen molar-refractivity contribution in [3.8, 4) is 5.75 Å². The summed E-state index contributed by atoms with van der Waals surface area (Å²) in [4.78, 5) is 68.6. The molecule has 0 fully saturated rings. The van der Waals surface area contributed by atoms with Crippen molar-refractivity contribution in [3.63, 3.8) is 0 Å².